The summed E-state index contributed by atoms with van der Waals surface area (Å²) in [4.78, 5) is 22.3. The largest absolute Gasteiger partial charge is 0.492 e. The number of carbonyl (C=O) groups excluding carboxylic acids is 1. The smallest absolute Gasteiger partial charge is 0.321 e. The molecule has 0 saturated heterocycles. The van der Waals surface area contributed by atoms with Crippen LogP contribution in [0.15, 0.2) is 24.3 Å². The maximum atomic E-state index is 11.7. The summed E-state index contributed by atoms with van der Waals surface area (Å²) in [6, 6.07) is 6.18. The lowest BCUT2D eigenvalue weighted by Gasteiger charge is -2.11. The van der Waals surface area contributed by atoms with E-state index >= 15 is 0 Å². The molecule has 0 radical (unpaired) electrons. The molecule has 1 rings (SSSR count). The van der Waals surface area contributed by atoms with E-state index in [1.54, 1.807) is 18.2 Å². The van der Waals surface area contributed by atoms with Gasteiger partial charge in [-0.15, -0.1) is 11.8 Å². The molecule has 0 fully saturated rings. The number of nitrogens with one attached hydrogen (secondary N) is 1. The third kappa shape index (κ3) is 5.50. The molecule has 7 heteroatoms. The van der Waals surface area contributed by atoms with Crippen molar-refractivity contribution >= 4 is 29.3 Å². The number of hydrogen-bond acceptors (Lipinski definition) is 5. The fourth-order valence-electron chi connectivity index (χ4n) is 1.39. The van der Waals surface area contributed by atoms with Gasteiger partial charge in [-0.05, 0) is 19.1 Å². The molecule has 6 nitrogen and oxygen atoms in total. The molecule has 4 N–H and O–H groups in total. The van der Waals surface area contributed by atoms with E-state index in [0.29, 0.717) is 18.0 Å². The molecule has 1 aromatic carbocycles. The highest BCUT2D eigenvalue weighted by Gasteiger charge is 2.13. The molecule has 1 atom stereocenters. The number of hydrogen-bond donors (Lipinski definition) is 3. The van der Waals surface area contributed by atoms with Crippen molar-refractivity contribution in [1.29, 1.82) is 0 Å². The summed E-state index contributed by atoms with van der Waals surface area (Å²) < 4.78 is 5.39. The van der Waals surface area contributed by atoms with Crippen LogP contribution < -0.4 is 15.8 Å². The lowest BCUT2D eigenvalue weighted by Crippen LogP contribution is -2.33. The number of thioether (sulfide) groups is 1. The first-order valence-electron chi connectivity index (χ1n) is 6.12. The van der Waals surface area contributed by atoms with Crippen molar-refractivity contribution in [2.45, 2.75) is 13.0 Å². The number of carbonyl (C=O) groups is 2. The second-order valence-electron chi connectivity index (χ2n) is 3.94. The van der Waals surface area contributed by atoms with Crippen LogP contribution in [0.1, 0.15) is 6.92 Å². The van der Waals surface area contributed by atoms with Gasteiger partial charge in [0.05, 0.1) is 18.0 Å². The van der Waals surface area contributed by atoms with Gasteiger partial charge in [0, 0.05) is 5.75 Å². The number of carboxylic acids is 1. The average Bonchev–Trinajstić information content (AvgIpc) is 2.41. The number of rotatable bonds is 8. The van der Waals surface area contributed by atoms with Gasteiger partial charge in [-0.25, -0.2) is 0 Å². The van der Waals surface area contributed by atoms with Gasteiger partial charge in [0.25, 0.3) is 0 Å². The summed E-state index contributed by atoms with van der Waals surface area (Å²) in [5.41, 5.74) is 5.95. The zero-order chi connectivity index (χ0) is 15.0. The number of nitrogens with two attached hydrogens (primary N) is 1. The minimum Gasteiger partial charge on any atom is -0.492 e. The molecule has 1 aromatic rings. The van der Waals surface area contributed by atoms with Crippen molar-refractivity contribution in [3.8, 4) is 5.75 Å². The molecule has 0 heterocycles. The second-order valence-corrected chi connectivity index (χ2v) is 4.97. The topological polar surface area (TPSA) is 102 Å². The van der Waals surface area contributed by atoms with E-state index in [-0.39, 0.29) is 17.4 Å². The van der Waals surface area contributed by atoms with Crippen molar-refractivity contribution in [3.63, 3.8) is 0 Å². The molecule has 110 valence electrons. The van der Waals surface area contributed by atoms with Crippen molar-refractivity contribution in [1.82, 2.24) is 0 Å². The zero-order valence-electron chi connectivity index (χ0n) is 11.2. The van der Waals surface area contributed by atoms with Crippen LogP contribution in [-0.4, -0.2) is 41.1 Å². The van der Waals surface area contributed by atoms with Gasteiger partial charge in [0.2, 0.25) is 5.91 Å². The first-order valence-corrected chi connectivity index (χ1v) is 7.27. The van der Waals surface area contributed by atoms with Crippen LogP contribution in [0.4, 0.5) is 5.69 Å². The second kappa shape index (κ2) is 8.44. The summed E-state index contributed by atoms with van der Waals surface area (Å²) in [5, 5.41) is 11.3. The molecule has 0 unspecified atom stereocenters. The van der Waals surface area contributed by atoms with E-state index in [0.717, 1.165) is 0 Å². The molecule has 20 heavy (non-hydrogen) atoms. The summed E-state index contributed by atoms with van der Waals surface area (Å²) in [6.45, 7) is 2.37. The average molecular weight is 298 g/mol. The van der Waals surface area contributed by atoms with Crippen LogP contribution in [0, 0.1) is 0 Å². The Labute approximate surface area is 121 Å². The van der Waals surface area contributed by atoms with Crippen LogP contribution >= 0.6 is 11.8 Å². The Hall–Kier alpha value is -1.73. The number of para-hydroxylation sites is 2. The van der Waals surface area contributed by atoms with Crippen LogP contribution in [0.2, 0.25) is 0 Å². The van der Waals surface area contributed by atoms with Gasteiger partial charge >= 0.3 is 5.97 Å². The van der Waals surface area contributed by atoms with E-state index in [2.05, 4.69) is 5.32 Å². The predicted molar refractivity (Wildman–Crippen MR) is 79.2 cm³/mol. The van der Waals surface area contributed by atoms with E-state index < -0.39 is 12.0 Å². The number of aliphatic carboxylic acids is 1. The molecule has 0 aliphatic rings. The predicted octanol–water partition coefficient (Wildman–Crippen LogP) is 1.17. The number of carboxylic acid groups (broad SMARTS) is 1. The van der Waals surface area contributed by atoms with Gasteiger partial charge in [-0.1, -0.05) is 12.1 Å². The molecular formula is C13H18N2O4S. The molecule has 0 aromatic heterocycles. The van der Waals surface area contributed by atoms with Gasteiger partial charge in [0.1, 0.15) is 11.8 Å². The Morgan fingerprint density at radius 1 is 1.45 bits per heavy atom. The highest BCUT2D eigenvalue weighted by molar-refractivity contribution is 8.00. The first-order chi connectivity index (χ1) is 9.54. The Morgan fingerprint density at radius 3 is 2.80 bits per heavy atom. The number of anilines is 1. The van der Waals surface area contributed by atoms with Gasteiger partial charge in [-0.3, -0.25) is 9.59 Å². The van der Waals surface area contributed by atoms with Crippen molar-refractivity contribution in [2.24, 2.45) is 5.73 Å². The number of ether oxygens (including phenoxy) is 1. The van der Waals surface area contributed by atoms with Gasteiger partial charge in [0.15, 0.2) is 0 Å². The van der Waals surface area contributed by atoms with Crippen LogP contribution in [-0.2, 0) is 9.59 Å². The van der Waals surface area contributed by atoms with Crippen molar-refractivity contribution in [2.75, 3.05) is 23.4 Å². The third-order valence-corrected chi connectivity index (χ3v) is 3.37. The maximum absolute atomic E-state index is 11.7. The van der Waals surface area contributed by atoms with Crippen LogP contribution in [0.25, 0.3) is 0 Å². The highest BCUT2D eigenvalue weighted by atomic mass is 32.2. The first kappa shape index (κ1) is 16.3. The molecule has 0 aliphatic heterocycles. The Morgan fingerprint density at radius 2 is 2.15 bits per heavy atom. The number of amides is 1. The summed E-state index contributed by atoms with van der Waals surface area (Å²) >= 11 is 1.18. The highest BCUT2D eigenvalue weighted by Crippen LogP contribution is 2.23. The molecule has 0 saturated carbocycles. The van der Waals surface area contributed by atoms with E-state index in [1.165, 1.54) is 11.8 Å². The minimum atomic E-state index is -1.07. The summed E-state index contributed by atoms with van der Waals surface area (Å²) in [6.07, 6.45) is 0. The lowest BCUT2D eigenvalue weighted by molar-refractivity contribution is -0.137. The van der Waals surface area contributed by atoms with Crippen LogP contribution in [0.3, 0.4) is 0 Å². The van der Waals surface area contributed by atoms with Crippen molar-refractivity contribution < 1.29 is 19.4 Å². The Bertz CT molecular complexity index is 467. The summed E-state index contributed by atoms with van der Waals surface area (Å²) in [7, 11) is 0. The molecular weight excluding hydrogens is 280 g/mol. The van der Waals surface area contributed by atoms with Crippen LogP contribution in [0.5, 0.6) is 5.75 Å². The molecule has 1 amide bonds. The van der Waals surface area contributed by atoms with E-state index in [1.807, 2.05) is 13.0 Å². The third-order valence-electron chi connectivity index (χ3n) is 2.31. The van der Waals surface area contributed by atoms with E-state index in [9.17, 15) is 9.59 Å². The zero-order valence-corrected chi connectivity index (χ0v) is 12.0. The molecule has 0 spiro atoms. The molecule has 0 aliphatic carbocycles. The van der Waals surface area contributed by atoms with E-state index in [4.69, 9.17) is 15.6 Å². The Balaban J connectivity index is 2.44. The standard InChI is InChI=1S/C13H18N2O4S/c1-2-19-11-6-4-3-5-10(11)15-12(16)8-20-7-9(14)13(17)18/h3-6,9H,2,7-8,14H2,1H3,(H,15,16)(H,17,18)/t9-/m1/s1. The SMILES string of the molecule is CCOc1ccccc1NC(=O)CSC[C@@H](N)C(=O)O. The van der Waals surface area contributed by atoms with Crippen molar-refractivity contribution in [3.05, 3.63) is 24.3 Å². The lowest BCUT2D eigenvalue weighted by atomic mass is 10.3. The fraction of sp³-hybridized carbons (Fsp3) is 0.385. The van der Waals surface area contributed by atoms with Gasteiger partial charge < -0.3 is 20.9 Å². The monoisotopic (exact) mass is 298 g/mol. The van der Waals surface area contributed by atoms with Gasteiger partial charge in [-0.2, -0.15) is 0 Å². The number of benzene rings is 1. The fourth-order valence-corrected chi connectivity index (χ4v) is 2.16. The maximum Gasteiger partial charge on any atom is 0.321 e. The summed E-state index contributed by atoms with van der Waals surface area (Å²) in [5.74, 6) is -0.355. The Kier molecular flexibility index (Phi) is 6.89. The minimum absolute atomic E-state index is 0.140. The normalized spacial score (nSPS) is 11.7. The quantitative estimate of drug-likeness (QED) is 0.666. The molecule has 0 bridgehead atoms.